The van der Waals surface area contributed by atoms with E-state index in [-0.39, 0.29) is 11.3 Å². The zero-order chi connectivity index (χ0) is 22.2. The summed E-state index contributed by atoms with van der Waals surface area (Å²) in [6.07, 6.45) is 0.479. The molecule has 12 heteroatoms. The monoisotopic (exact) mass is 444 g/mol. The van der Waals surface area contributed by atoms with E-state index in [0.717, 1.165) is 24.3 Å². The molecule has 0 aliphatic carbocycles. The van der Waals surface area contributed by atoms with E-state index >= 15 is 0 Å². The van der Waals surface area contributed by atoms with Crippen LogP contribution >= 0.6 is 0 Å². The highest BCUT2D eigenvalue weighted by atomic mass is 32.2. The topological polar surface area (TPSA) is 119 Å². The molecule has 0 saturated carbocycles. The summed E-state index contributed by atoms with van der Waals surface area (Å²) in [6.45, 7) is 2.90. The summed E-state index contributed by atoms with van der Waals surface area (Å²) in [5.74, 6) is -4.22. The van der Waals surface area contributed by atoms with E-state index < -0.39 is 55.1 Å². The van der Waals surface area contributed by atoms with Gasteiger partial charge >= 0.3 is 0 Å². The van der Waals surface area contributed by atoms with Crippen LogP contribution in [0, 0.1) is 27.6 Å². The van der Waals surface area contributed by atoms with Crippen molar-refractivity contribution in [1.82, 2.24) is 4.90 Å². The quantitative estimate of drug-likeness (QED) is 0.402. The van der Waals surface area contributed by atoms with Crippen molar-refractivity contribution in [3.8, 4) is 0 Å². The largest absolute Gasteiger partial charge is 0.375 e. The first-order chi connectivity index (χ1) is 14.0. The van der Waals surface area contributed by atoms with Gasteiger partial charge in [-0.1, -0.05) is 6.92 Å². The molecule has 1 saturated heterocycles. The van der Waals surface area contributed by atoms with Crippen LogP contribution < -0.4 is 10.5 Å². The van der Waals surface area contributed by atoms with Gasteiger partial charge in [0.25, 0.3) is 5.69 Å². The number of likely N-dealkylation sites (tertiary alicyclic amines) is 1. The minimum Gasteiger partial charge on any atom is -0.375 e. The Bertz CT molecular complexity index is 1070. The fraction of sp³-hybridized carbons (Fsp3) is 0.333. The number of likely N-dealkylation sites (N-methyl/N-ethyl adjacent to an activating group) is 1. The molecule has 3 rings (SSSR count). The minimum atomic E-state index is -4.14. The number of anilines is 1. The third kappa shape index (κ3) is 4.25. The molecule has 0 spiro atoms. The number of hydrogen-bond acceptors (Lipinski definition) is 6. The number of halogens is 3. The van der Waals surface area contributed by atoms with Gasteiger partial charge in [-0.05, 0) is 42.8 Å². The Kier molecular flexibility index (Phi) is 6.01. The van der Waals surface area contributed by atoms with Crippen LogP contribution in [0.4, 0.5) is 24.5 Å². The molecule has 2 unspecified atom stereocenters. The molecular weight excluding hydrogens is 425 g/mol. The van der Waals surface area contributed by atoms with Crippen LogP contribution in [0.25, 0.3) is 0 Å². The van der Waals surface area contributed by atoms with Crippen LogP contribution in [0.1, 0.15) is 24.9 Å². The summed E-state index contributed by atoms with van der Waals surface area (Å²) in [4.78, 5) is 12.2. The van der Waals surface area contributed by atoms with Gasteiger partial charge in [0.05, 0.1) is 15.9 Å². The maximum atomic E-state index is 13.8. The molecule has 0 bridgehead atoms. The minimum absolute atomic E-state index is 0.0309. The molecule has 1 aliphatic heterocycles. The molecule has 1 fully saturated rings. The number of nitro groups is 1. The lowest BCUT2D eigenvalue weighted by Crippen LogP contribution is -2.31. The predicted octanol–water partition coefficient (Wildman–Crippen LogP) is 2.91. The van der Waals surface area contributed by atoms with Gasteiger partial charge in [-0.2, -0.15) is 0 Å². The predicted molar refractivity (Wildman–Crippen MR) is 103 cm³/mol. The number of hydrogen-bond donors (Lipinski definition) is 2. The zero-order valence-electron chi connectivity index (χ0n) is 15.8. The summed E-state index contributed by atoms with van der Waals surface area (Å²) in [7, 11) is -4.14. The maximum Gasteiger partial charge on any atom is 0.293 e. The summed E-state index contributed by atoms with van der Waals surface area (Å²) in [5.41, 5.74) is -0.290. The number of benzene rings is 2. The van der Waals surface area contributed by atoms with Crippen molar-refractivity contribution in [2.24, 2.45) is 5.14 Å². The fourth-order valence-corrected chi connectivity index (χ4v) is 4.25. The van der Waals surface area contributed by atoms with Gasteiger partial charge in [0, 0.05) is 18.7 Å². The Morgan fingerprint density at radius 1 is 1.23 bits per heavy atom. The third-order valence-corrected chi connectivity index (χ3v) is 6.00. The molecule has 1 heterocycles. The first-order valence-electron chi connectivity index (χ1n) is 8.99. The highest BCUT2D eigenvalue weighted by molar-refractivity contribution is 7.89. The smallest absolute Gasteiger partial charge is 0.293 e. The molecule has 1 aliphatic rings. The van der Waals surface area contributed by atoms with Crippen LogP contribution in [-0.4, -0.2) is 37.4 Å². The molecule has 2 atom stereocenters. The number of rotatable bonds is 6. The highest BCUT2D eigenvalue weighted by Crippen LogP contribution is 2.37. The second-order valence-electron chi connectivity index (χ2n) is 6.89. The Labute approximate surface area is 170 Å². The normalized spacial score (nSPS) is 19.8. The Balaban J connectivity index is 2.00. The standard InChI is InChI=1S/C18H19F3N4O4S/c1-2-24-6-5-15(18(24)10-7-12(19)17(21)13(20)8-10)23-14-4-3-11(30(22,28)29)9-16(14)25(26)27/h3-4,7-9,15,18,23H,2,5-6H2,1H3,(H2,22,28,29). The fourth-order valence-electron chi connectivity index (χ4n) is 3.71. The number of nitro benzene ring substituents is 1. The summed E-state index contributed by atoms with van der Waals surface area (Å²) in [6, 6.07) is 3.91. The molecule has 0 radical (unpaired) electrons. The van der Waals surface area contributed by atoms with Gasteiger partial charge in [0.15, 0.2) is 17.5 Å². The Morgan fingerprint density at radius 3 is 2.40 bits per heavy atom. The summed E-state index contributed by atoms with van der Waals surface area (Å²) >= 11 is 0. The van der Waals surface area contributed by atoms with Gasteiger partial charge < -0.3 is 5.32 Å². The Hall–Kier alpha value is -2.70. The number of sulfonamides is 1. The van der Waals surface area contributed by atoms with E-state index in [2.05, 4.69) is 5.32 Å². The number of primary sulfonamides is 1. The highest BCUT2D eigenvalue weighted by Gasteiger charge is 2.36. The molecule has 0 aromatic heterocycles. The van der Waals surface area contributed by atoms with Crippen molar-refractivity contribution in [3.63, 3.8) is 0 Å². The third-order valence-electron chi connectivity index (χ3n) is 5.09. The van der Waals surface area contributed by atoms with Crippen molar-refractivity contribution < 1.29 is 26.5 Å². The molecule has 2 aromatic carbocycles. The zero-order valence-corrected chi connectivity index (χ0v) is 16.6. The number of nitrogens with one attached hydrogen (secondary N) is 1. The van der Waals surface area contributed by atoms with Crippen LogP contribution in [0.15, 0.2) is 35.2 Å². The van der Waals surface area contributed by atoms with Gasteiger partial charge in [0.1, 0.15) is 5.69 Å². The molecular formula is C18H19F3N4O4S. The molecule has 162 valence electrons. The van der Waals surface area contributed by atoms with Gasteiger partial charge in [0.2, 0.25) is 10.0 Å². The second-order valence-corrected chi connectivity index (χ2v) is 8.45. The summed E-state index contributed by atoms with van der Waals surface area (Å²) < 4.78 is 64.0. The lowest BCUT2D eigenvalue weighted by atomic mass is 9.99. The molecule has 0 amide bonds. The maximum absolute atomic E-state index is 13.8. The average Bonchev–Trinajstić information content (AvgIpc) is 3.07. The summed E-state index contributed by atoms with van der Waals surface area (Å²) in [5, 5.41) is 19.5. The molecule has 8 nitrogen and oxygen atoms in total. The van der Waals surface area contributed by atoms with E-state index in [4.69, 9.17) is 5.14 Å². The van der Waals surface area contributed by atoms with E-state index in [1.807, 2.05) is 11.8 Å². The van der Waals surface area contributed by atoms with E-state index in [1.54, 1.807) is 0 Å². The lowest BCUT2D eigenvalue weighted by molar-refractivity contribution is -0.384. The van der Waals surface area contributed by atoms with E-state index in [0.29, 0.717) is 19.5 Å². The van der Waals surface area contributed by atoms with Crippen molar-refractivity contribution in [1.29, 1.82) is 0 Å². The van der Waals surface area contributed by atoms with Crippen LogP contribution in [0.3, 0.4) is 0 Å². The van der Waals surface area contributed by atoms with Crippen LogP contribution in [0.5, 0.6) is 0 Å². The van der Waals surface area contributed by atoms with Crippen molar-refractivity contribution >= 4 is 21.4 Å². The molecule has 30 heavy (non-hydrogen) atoms. The van der Waals surface area contributed by atoms with Crippen molar-refractivity contribution in [3.05, 3.63) is 63.5 Å². The number of nitrogens with zero attached hydrogens (tertiary/aromatic N) is 2. The van der Waals surface area contributed by atoms with Gasteiger partial charge in [-0.3, -0.25) is 15.0 Å². The first kappa shape index (κ1) is 22.0. The second kappa shape index (κ2) is 8.20. The van der Waals surface area contributed by atoms with Gasteiger partial charge in [-0.25, -0.2) is 26.7 Å². The number of nitrogens with two attached hydrogens (primary N) is 1. The van der Waals surface area contributed by atoms with E-state index in [9.17, 15) is 31.7 Å². The Morgan fingerprint density at radius 2 is 1.87 bits per heavy atom. The SMILES string of the molecule is CCN1CCC(Nc2ccc(S(N)(=O)=O)cc2[N+](=O)[O-])C1c1cc(F)c(F)c(F)c1. The first-order valence-corrected chi connectivity index (χ1v) is 10.5. The van der Waals surface area contributed by atoms with Crippen molar-refractivity contribution in [2.75, 3.05) is 18.4 Å². The van der Waals surface area contributed by atoms with Gasteiger partial charge in [-0.15, -0.1) is 0 Å². The van der Waals surface area contributed by atoms with Crippen molar-refractivity contribution in [2.45, 2.75) is 30.3 Å². The van der Waals surface area contributed by atoms with E-state index in [1.165, 1.54) is 6.07 Å². The van der Waals surface area contributed by atoms with Crippen LogP contribution in [0.2, 0.25) is 0 Å². The average molecular weight is 444 g/mol. The molecule has 2 aromatic rings. The molecule has 3 N–H and O–H groups in total. The lowest BCUT2D eigenvalue weighted by Gasteiger charge is -2.29. The van der Waals surface area contributed by atoms with Crippen LogP contribution in [-0.2, 0) is 10.0 Å².